The molecule has 0 amide bonds. The topological polar surface area (TPSA) is 102 Å². The zero-order valence-corrected chi connectivity index (χ0v) is 12.9. The van der Waals surface area contributed by atoms with Crippen molar-refractivity contribution in [1.82, 2.24) is 5.32 Å². The van der Waals surface area contributed by atoms with Gasteiger partial charge in [0, 0.05) is 12.6 Å². The summed E-state index contributed by atoms with van der Waals surface area (Å²) in [4.78, 5) is 20.0. The Morgan fingerprint density at radius 3 is 2.71 bits per heavy atom. The van der Waals surface area contributed by atoms with Gasteiger partial charge in [0.2, 0.25) is 0 Å². The van der Waals surface area contributed by atoms with Crippen LogP contribution in [0, 0.1) is 0 Å². The van der Waals surface area contributed by atoms with E-state index in [4.69, 9.17) is 32.0 Å². The summed E-state index contributed by atoms with van der Waals surface area (Å²) in [6, 6.07) is 5.14. The van der Waals surface area contributed by atoms with Crippen LogP contribution in [-0.2, 0) is 9.53 Å². The number of nitrogens with two attached hydrogens (primary N) is 1. The third kappa shape index (κ3) is 8.16. The summed E-state index contributed by atoms with van der Waals surface area (Å²) in [5, 5.41) is 10.5. The molecule has 1 aromatic carbocycles. The third-order valence-corrected chi connectivity index (χ3v) is 3.00. The average molecular weight is 317 g/mol. The second-order valence-corrected chi connectivity index (χ2v) is 4.65. The normalized spacial score (nSPS) is 11.0. The Hall–Kier alpha value is -1.79. The van der Waals surface area contributed by atoms with E-state index in [1.807, 2.05) is 0 Å². The number of carboxylic acid groups (broad SMARTS) is 1. The molecule has 0 fully saturated rings. The lowest BCUT2D eigenvalue weighted by Crippen LogP contribution is -2.29. The smallest absolute Gasteiger partial charge is 0.338 e. The standard InChI is InChI=1S/C13H19ClN2O2.CH2O2/c1-3-9(2)16-6-7-18-13(17)10-4-5-12(15)11(14)8-10;2-1-3/h4-5,8-9,16H,3,6-7,15H2,1-2H3;1H,(H,2,3). The number of anilines is 1. The molecule has 1 aromatic rings. The summed E-state index contributed by atoms with van der Waals surface area (Å²) >= 11 is 5.83. The van der Waals surface area contributed by atoms with E-state index in [9.17, 15) is 4.79 Å². The van der Waals surface area contributed by atoms with Crippen molar-refractivity contribution in [2.45, 2.75) is 26.3 Å². The van der Waals surface area contributed by atoms with Crippen LogP contribution in [0.2, 0.25) is 5.02 Å². The molecule has 0 aromatic heterocycles. The fraction of sp³-hybridized carbons (Fsp3) is 0.429. The van der Waals surface area contributed by atoms with E-state index in [1.165, 1.54) is 6.07 Å². The van der Waals surface area contributed by atoms with Crippen LogP contribution < -0.4 is 11.1 Å². The Kier molecular flexibility index (Phi) is 10.0. The Morgan fingerprint density at radius 2 is 2.19 bits per heavy atom. The van der Waals surface area contributed by atoms with Crippen LogP contribution in [0.3, 0.4) is 0 Å². The lowest BCUT2D eigenvalue weighted by atomic mass is 10.2. The lowest BCUT2D eigenvalue weighted by molar-refractivity contribution is -0.122. The second kappa shape index (κ2) is 10.9. The Bertz CT molecular complexity index is 455. The third-order valence-electron chi connectivity index (χ3n) is 2.68. The highest BCUT2D eigenvalue weighted by molar-refractivity contribution is 6.33. The van der Waals surface area contributed by atoms with Gasteiger partial charge in [-0.3, -0.25) is 4.79 Å². The maximum absolute atomic E-state index is 11.7. The number of carbonyl (C=O) groups excluding carboxylic acids is 1. The Morgan fingerprint density at radius 1 is 1.57 bits per heavy atom. The van der Waals surface area contributed by atoms with Gasteiger partial charge >= 0.3 is 5.97 Å². The highest BCUT2D eigenvalue weighted by atomic mass is 35.5. The molecule has 0 aliphatic carbocycles. The molecule has 7 heteroatoms. The molecule has 118 valence electrons. The second-order valence-electron chi connectivity index (χ2n) is 4.24. The van der Waals surface area contributed by atoms with Crippen LogP contribution in [-0.4, -0.2) is 36.7 Å². The van der Waals surface area contributed by atoms with Crippen molar-refractivity contribution in [1.29, 1.82) is 0 Å². The van der Waals surface area contributed by atoms with Crippen molar-refractivity contribution in [3.63, 3.8) is 0 Å². The molecule has 0 radical (unpaired) electrons. The number of nitrogen functional groups attached to an aromatic ring is 1. The molecule has 21 heavy (non-hydrogen) atoms. The number of esters is 1. The first kappa shape index (κ1) is 19.2. The molecule has 0 aliphatic heterocycles. The number of benzene rings is 1. The molecule has 1 rings (SSSR count). The number of nitrogens with one attached hydrogen (secondary N) is 1. The first-order valence-electron chi connectivity index (χ1n) is 6.49. The highest BCUT2D eigenvalue weighted by Gasteiger charge is 2.08. The summed E-state index contributed by atoms with van der Waals surface area (Å²) in [5.74, 6) is -0.386. The first-order valence-corrected chi connectivity index (χ1v) is 6.87. The molecular formula is C14H21ClN2O4. The number of rotatable bonds is 6. The van der Waals surface area contributed by atoms with Gasteiger partial charge < -0.3 is 20.9 Å². The van der Waals surface area contributed by atoms with Crippen LogP contribution in [0.25, 0.3) is 0 Å². The predicted molar refractivity (Wildman–Crippen MR) is 82.6 cm³/mol. The van der Waals surface area contributed by atoms with Crippen molar-refractivity contribution in [3.8, 4) is 0 Å². The van der Waals surface area contributed by atoms with Crippen LogP contribution in [0.5, 0.6) is 0 Å². The van der Waals surface area contributed by atoms with Gasteiger partial charge in [-0.15, -0.1) is 0 Å². The Labute approximate surface area is 129 Å². The predicted octanol–water partition coefficient (Wildman–Crippen LogP) is 2.17. The van der Waals surface area contributed by atoms with Crippen molar-refractivity contribution < 1.29 is 19.4 Å². The minimum absolute atomic E-state index is 0.250. The van der Waals surface area contributed by atoms with E-state index in [2.05, 4.69) is 19.2 Å². The zero-order valence-electron chi connectivity index (χ0n) is 12.1. The molecule has 0 bridgehead atoms. The molecule has 0 saturated heterocycles. The number of halogens is 1. The Balaban J connectivity index is 0.00000122. The number of ether oxygens (including phenoxy) is 1. The van der Waals surface area contributed by atoms with E-state index >= 15 is 0 Å². The summed E-state index contributed by atoms with van der Waals surface area (Å²) < 4.78 is 5.12. The van der Waals surface area contributed by atoms with E-state index in [-0.39, 0.29) is 12.4 Å². The maximum atomic E-state index is 11.7. The quantitative estimate of drug-likeness (QED) is 0.322. The summed E-state index contributed by atoms with van der Waals surface area (Å²) in [6.07, 6.45) is 1.04. The number of hydrogen-bond donors (Lipinski definition) is 3. The minimum Gasteiger partial charge on any atom is -0.483 e. The minimum atomic E-state index is -0.386. The maximum Gasteiger partial charge on any atom is 0.338 e. The van der Waals surface area contributed by atoms with Crippen LogP contribution >= 0.6 is 11.6 Å². The summed E-state index contributed by atoms with van der Waals surface area (Å²) in [5.41, 5.74) is 6.43. The van der Waals surface area contributed by atoms with Gasteiger partial charge in [-0.05, 0) is 31.5 Å². The summed E-state index contributed by atoms with van der Waals surface area (Å²) in [7, 11) is 0. The molecule has 0 saturated carbocycles. The highest BCUT2D eigenvalue weighted by Crippen LogP contribution is 2.19. The molecular weight excluding hydrogens is 296 g/mol. The van der Waals surface area contributed by atoms with Crippen LogP contribution in [0.1, 0.15) is 30.6 Å². The fourth-order valence-corrected chi connectivity index (χ4v) is 1.51. The molecule has 0 spiro atoms. The lowest BCUT2D eigenvalue weighted by Gasteiger charge is -2.11. The van der Waals surface area contributed by atoms with Gasteiger partial charge in [-0.2, -0.15) is 0 Å². The number of carbonyl (C=O) groups is 2. The van der Waals surface area contributed by atoms with Crippen molar-refractivity contribution in [3.05, 3.63) is 28.8 Å². The first-order chi connectivity index (χ1) is 9.96. The van der Waals surface area contributed by atoms with Crippen molar-refractivity contribution >= 4 is 29.7 Å². The fourth-order valence-electron chi connectivity index (χ4n) is 1.33. The SMILES string of the molecule is CCC(C)NCCOC(=O)c1ccc(N)c(Cl)c1.O=CO. The number of hydrogen-bond acceptors (Lipinski definition) is 5. The molecule has 4 N–H and O–H groups in total. The van der Waals surface area contributed by atoms with Crippen molar-refractivity contribution in [2.75, 3.05) is 18.9 Å². The van der Waals surface area contributed by atoms with Crippen molar-refractivity contribution in [2.24, 2.45) is 0 Å². The molecule has 1 unspecified atom stereocenters. The largest absolute Gasteiger partial charge is 0.483 e. The van der Waals surface area contributed by atoms with Gasteiger partial charge in [0.15, 0.2) is 0 Å². The molecule has 6 nitrogen and oxygen atoms in total. The molecule has 0 heterocycles. The van der Waals surface area contributed by atoms with Crippen LogP contribution in [0.4, 0.5) is 5.69 Å². The molecule has 1 atom stereocenters. The van der Waals surface area contributed by atoms with Gasteiger partial charge in [-0.1, -0.05) is 18.5 Å². The zero-order chi connectivity index (χ0) is 16.3. The van der Waals surface area contributed by atoms with Gasteiger partial charge in [0.05, 0.1) is 16.3 Å². The monoisotopic (exact) mass is 316 g/mol. The van der Waals surface area contributed by atoms with E-state index in [0.717, 1.165) is 6.42 Å². The average Bonchev–Trinajstić information content (AvgIpc) is 2.46. The van der Waals surface area contributed by atoms with Crippen LogP contribution in [0.15, 0.2) is 18.2 Å². The van der Waals surface area contributed by atoms with E-state index < -0.39 is 0 Å². The van der Waals surface area contributed by atoms with Gasteiger partial charge in [0.25, 0.3) is 6.47 Å². The van der Waals surface area contributed by atoms with E-state index in [1.54, 1.807) is 12.1 Å². The molecule has 0 aliphatic rings. The van der Waals surface area contributed by atoms with Gasteiger partial charge in [-0.25, -0.2) is 4.79 Å². The van der Waals surface area contributed by atoms with E-state index in [0.29, 0.717) is 35.5 Å². The van der Waals surface area contributed by atoms with Gasteiger partial charge in [0.1, 0.15) is 6.61 Å². The summed E-state index contributed by atoms with van der Waals surface area (Å²) in [6.45, 7) is 4.91.